The first kappa shape index (κ1) is 29.2. The van der Waals surface area contributed by atoms with Crippen LogP contribution in [0.1, 0.15) is 34.8 Å². The van der Waals surface area contributed by atoms with E-state index < -0.39 is 0 Å². The van der Waals surface area contributed by atoms with E-state index >= 15 is 0 Å². The molecule has 0 bridgehead atoms. The molecule has 1 aromatic heterocycles. The van der Waals surface area contributed by atoms with E-state index in [1.54, 1.807) is 0 Å². The third-order valence-electron chi connectivity index (χ3n) is 7.11. The van der Waals surface area contributed by atoms with Gasteiger partial charge in [-0.2, -0.15) is 0 Å². The molecule has 2 heterocycles. The van der Waals surface area contributed by atoms with Crippen LogP contribution in [0.3, 0.4) is 0 Å². The van der Waals surface area contributed by atoms with E-state index in [9.17, 15) is 4.79 Å². The molecule has 5 rings (SSSR count). The highest BCUT2D eigenvalue weighted by atomic mass is 35.5. The summed E-state index contributed by atoms with van der Waals surface area (Å²) >= 11 is 14.1. The van der Waals surface area contributed by atoms with Gasteiger partial charge in [-0.1, -0.05) is 83.5 Å². The lowest BCUT2D eigenvalue weighted by Gasteiger charge is -2.36. The fourth-order valence-corrected chi connectivity index (χ4v) is 6.01. The van der Waals surface area contributed by atoms with Crippen LogP contribution in [0.25, 0.3) is 0 Å². The van der Waals surface area contributed by atoms with Gasteiger partial charge in [-0.3, -0.25) is 4.79 Å². The molecular formula is C32H33Cl2N5OS. The molecule has 1 aliphatic rings. The molecule has 0 radical (unpaired) electrons. The minimum Gasteiger partial charge on any atom is -0.368 e. The third-order valence-corrected chi connectivity index (χ3v) is 8.46. The van der Waals surface area contributed by atoms with Crippen molar-refractivity contribution >= 4 is 52.4 Å². The summed E-state index contributed by atoms with van der Waals surface area (Å²) in [6.07, 6.45) is 1.83. The number of thioether (sulfide) groups is 1. The van der Waals surface area contributed by atoms with Gasteiger partial charge in [-0.25, -0.2) is 9.97 Å². The molecule has 1 unspecified atom stereocenters. The Balaban J connectivity index is 1.11. The number of nitrogens with zero attached hydrogens (tertiary/aromatic N) is 4. The van der Waals surface area contributed by atoms with Gasteiger partial charge in [0, 0.05) is 60.3 Å². The van der Waals surface area contributed by atoms with Gasteiger partial charge >= 0.3 is 0 Å². The van der Waals surface area contributed by atoms with Crippen LogP contribution in [0.5, 0.6) is 0 Å². The summed E-state index contributed by atoms with van der Waals surface area (Å²) in [7, 11) is 0. The number of carbonyl (C=O) groups excluding carboxylic acids is 1. The highest BCUT2D eigenvalue weighted by Gasteiger charge is 2.20. The molecule has 1 N–H and O–H groups in total. The Hall–Kier alpha value is -3.26. The average Bonchev–Trinajstić information content (AvgIpc) is 2.99. The Kier molecular flexibility index (Phi) is 10.0. The number of rotatable bonds is 10. The number of aromatic nitrogens is 2. The summed E-state index contributed by atoms with van der Waals surface area (Å²) in [6.45, 7) is 5.45. The number of halogens is 2. The number of anilines is 2. The molecule has 3 aromatic carbocycles. The zero-order valence-corrected chi connectivity index (χ0v) is 25.3. The Morgan fingerprint density at radius 1 is 0.878 bits per heavy atom. The van der Waals surface area contributed by atoms with Crippen molar-refractivity contribution in [3.63, 3.8) is 0 Å². The summed E-state index contributed by atoms with van der Waals surface area (Å²) in [5.41, 5.74) is 4.16. The van der Waals surface area contributed by atoms with Crippen molar-refractivity contribution in [2.75, 3.05) is 36.0 Å². The van der Waals surface area contributed by atoms with E-state index in [4.69, 9.17) is 28.2 Å². The maximum atomic E-state index is 12.7. The summed E-state index contributed by atoms with van der Waals surface area (Å²) in [5, 5.41) is 4.93. The third kappa shape index (κ3) is 8.38. The maximum absolute atomic E-state index is 12.7. The van der Waals surface area contributed by atoms with Crippen LogP contribution in [-0.2, 0) is 12.2 Å². The van der Waals surface area contributed by atoms with Crippen LogP contribution in [0.2, 0.25) is 10.2 Å². The first-order valence-corrected chi connectivity index (χ1v) is 15.5. The minimum atomic E-state index is -0.0527. The van der Waals surface area contributed by atoms with Crippen molar-refractivity contribution in [1.29, 1.82) is 0 Å². The molecule has 0 spiro atoms. The second kappa shape index (κ2) is 14.1. The van der Waals surface area contributed by atoms with Crippen molar-refractivity contribution in [3.05, 3.63) is 112 Å². The van der Waals surface area contributed by atoms with Crippen LogP contribution in [0.4, 0.5) is 11.5 Å². The van der Waals surface area contributed by atoms with Gasteiger partial charge in [0.25, 0.3) is 5.91 Å². The number of aryl methyl sites for hydroxylation is 1. The molecule has 212 valence electrons. The zero-order valence-electron chi connectivity index (χ0n) is 23.0. The zero-order chi connectivity index (χ0) is 28.6. The van der Waals surface area contributed by atoms with Crippen molar-refractivity contribution in [3.8, 4) is 0 Å². The van der Waals surface area contributed by atoms with Gasteiger partial charge in [0.05, 0.1) is 0 Å². The largest absolute Gasteiger partial charge is 0.368 e. The predicted molar refractivity (Wildman–Crippen MR) is 171 cm³/mol. The normalized spacial score (nSPS) is 14.1. The lowest BCUT2D eigenvalue weighted by Crippen LogP contribution is -2.46. The van der Waals surface area contributed by atoms with E-state index in [0.717, 1.165) is 61.1 Å². The van der Waals surface area contributed by atoms with Crippen LogP contribution in [-0.4, -0.2) is 48.1 Å². The first-order valence-electron chi connectivity index (χ1n) is 13.8. The Bertz CT molecular complexity index is 1450. The molecule has 6 nitrogen and oxygen atoms in total. The number of carbonyl (C=O) groups is 1. The van der Waals surface area contributed by atoms with Crippen molar-refractivity contribution in [1.82, 2.24) is 15.3 Å². The van der Waals surface area contributed by atoms with Gasteiger partial charge in [0.15, 0.2) is 5.16 Å². The monoisotopic (exact) mass is 605 g/mol. The van der Waals surface area contributed by atoms with E-state index in [2.05, 4.69) is 38.3 Å². The van der Waals surface area contributed by atoms with Gasteiger partial charge < -0.3 is 15.1 Å². The van der Waals surface area contributed by atoms with E-state index in [1.165, 1.54) is 17.3 Å². The molecule has 4 aromatic rings. The standard InChI is InChI=1S/C32H33Cl2N5OS/c1-23(10-11-24-6-3-2-4-7-24)35-31(40)26-14-12-25(13-15-26)22-41-32-36-29(34)21-30(37-32)39-18-16-38(17-19-39)28-9-5-8-27(33)20-28/h2-9,12-15,20-21,23H,10-11,16-19,22H2,1H3,(H,35,40). The molecule has 1 saturated heterocycles. The number of benzene rings is 3. The number of hydrogen-bond donors (Lipinski definition) is 1. The van der Waals surface area contributed by atoms with E-state index in [1.807, 2.05) is 73.7 Å². The smallest absolute Gasteiger partial charge is 0.251 e. The summed E-state index contributed by atoms with van der Waals surface area (Å²) in [4.78, 5) is 26.5. The topological polar surface area (TPSA) is 61.4 Å². The molecule has 0 aliphatic carbocycles. The molecular weight excluding hydrogens is 573 g/mol. The second-order valence-corrected chi connectivity index (χ2v) is 11.9. The number of hydrogen-bond acceptors (Lipinski definition) is 6. The van der Waals surface area contributed by atoms with Crippen molar-refractivity contribution in [2.45, 2.75) is 36.7 Å². The van der Waals surface area contributed by atoms with Gasteiger partial charge in [-0.15, -0.1) is 0 Å². The van der Waals surface area contributed by atoms with Crippen molar-refractivity contribution in [2.24, 2.45) is 0 Å². The maximum Gasteiger partial charge on any atom is 0.251 e. The van der Waals surface area contributed by atoms with Gasteiger partial charge in [-0.05, 0) is 61.2 Å². The van der Waals surface area contributed by atoms with E-state index in [0.29, 0.717) is 21.6 Å². The van der Waals surface area contributed by atoms with Crippen molar-refractivity contribution < 1.29 is 4.79 Å². The highest BCUT2D eigenvalue weighted by Crippen LogP contribution is 2.27. The molecule has 41 heavy (non-hydrogen) atoms. The fraction of sp³-hybridized carbons (Fsp3) is 0.281. The van der Waals surface area contributed by atoms with Crippen LogP contribution < -0.4 is 15.1 Å². The van der Waals surface area contributed by atoms with Gasteiger partial charge in [0.2, 0.25) is 0 Å². The summed E-state index contributed by atoms with van der Waals surface area (Å²) in [5.74, 6) is 1.47. The quantitative estimate of drug-likeness (QED) is 0.118. The minimum absolute atomic E-state index is 0.0527. The highest BCUT2D eigenvalue weighted by molar-refractivity contribution is 7.98. The molecule has 1 fully saturated rings. The number of piperazine rings is 1. The lowest BCUT2D eigenvalue weighted by molar-refractivity contribution is 0.0938. The molecule has 1 atom stereocenters. The summed E-state index contributed by atoms with van der Waals surface area (Å²) in [6, 6.07) is 27.9. The molecule has 9 heteroatoms. The fourth-order valence-electron chi connectivity index (χ4n) is 4.79. The SMILES string of the molecule is CC(CCc1ccccc1)NC(=O)c1ccc(CSc2nc(Cl)cc(N3CCN(c4cccc(Cl)c4)CC3)n2)cc1. The Labute approximate surface area is 256 Å². The first-order chi connectivity index (χ1) is 19.9. The van der Waals surface area contributed by atoms with Gasteiger partial charge in [0.1, 0.15) is 11.0 Å². The lowest BCUT2D eigenvalue weighted by atomic mass is 10.1. The molecule has 1 aliphatic heterocycles. The number of nitrogens with one attached hydrogen (secondary N) is 1. The molecule has 1 amide bonds. The van der Waals surface area contributed by atoms with Crippen LogP contribution >= 0.6 is 35.0 Å². The Morgan fingerprint density at radius 2 is 1.61 bits per heavy atom. The van der Waals surface area contributed by atoms with Crippen LogP contribution in [0.15, 0.2) is 90.1 Å². The summed E-state index contributed by atoms with van der Waals surface area (Å²) < 4.78 is 0. The number of amides is 1. The Morgan fingerprint density at radius 3 is 2.34 bits per heavy atom. The predicted octanol–water partition coefficient (Wildman–Crippen LogP) is 7.15. The molecule has 0 saturated carbocycles. The average molecular weight is 607 g/mol. The second-order valence-electron chi connectivity index (χ2n) is 10.2. The van der Waals surface area contributed by atoms with Crippen LogP contribution in [0, 0.1) is 0 Å². The van der Waals surface area contributed by atoms with E-state index in [-0.39, 0.29) is 11.9 Å².